The summed E-state index contributed by atoms with van der Waals surface area (Å²) in [5.74, 6) is 0.0201. The molecule has 1 fully saturated rings. The number of aliphatic imine (C=N–C) groups is 1. The number of guanidine groups is 1. The monoisotopic (exact) mass is 237 g/mol. The molecule has 0 radical (unpaired) electrons. The standard InChI is InChI=1S/C10H18F3N3/c1-2-16(7-10(11,12)13)9(14)15-8-5-3-4-6-8/h8H,2-7H2,1H3,(H2,14,15). The fourth-order valence-electron chi connectivity index (χ4n) is 1.87. The second-order valence-corrected chi connectivity index (χ2v) is 4.05. The smallest absolute Gasteiger partial charge is 0.370 e. The van der Waals surface area contributed by atoms with E-state index in [1.54, 1.807) is 6.92 Å². The molecule has 1 rings (SSSR count). The Morgan fingerprint density at radius 1 is 1.38 bits per heavy atom. The Hall–Kier alpha value is -0.940. The quantitative estimate of drug-likeness (QED) is 0.603. The molecule has 3 nitrogen and oxygen atoms in total. The molecule has 0 spiro atoms. The van der Waals surface area contributed by atoms with Gasteiger partial charge in [-0.05, 0) is 19.8 Å². The highest BCUT2D eigenvalue weighted by atomic mass is 19.4. The van der Waals surface area contributed by atoms with Crippen LogP contribution < -0.4 is 5.73 Å². The molecule has 0 saturated heterocycles. The van der Waals surface area contributed by atoms with Gasteiger partial charge in [-0.2, -0.15) is 13.2 Å². The molecule has 1 aliphatic rings. The van der Waals surface area contributed by atoms with Crippen LogP contribution in [-0.2, 0) is 0 Å². The maximum Gasteiger partial charge on any atom is 0.406 e. The predicted octanol–water partition coefficient (Wildman–Crippen LogP) is 2.13. The van der Waals surface area contributed by atoms with Gasteiger partial charge in [0.1, 0.15) is 6.54 Å². The molecular weight excluding hydrogens is 219 g/mol. The van der Waals surface area contributed by atoms with Crippen molar-refractivity contribution in [2.75, 3.05) is 13.1 Å². The molecule has 0 bridgehead atoms. The third kappa shape index (κ3) is 4.28. The van der Waals surface area contributed by atoms with Gasteiger partial charge in [-0.25, -0.2) is 4.99 Å². The van der Waals surface area contributed by atoms with Crippen molar-refractivity contribution in [1.82, 2.24) is 4.90 Å². The first-order chi connectivity index (χ1) is 7.42. The SMILES string of the molecule is CCN(CC(F)(F)F)C(N)=NC1CCCC1. The molecule has 0 aromatic heterocycles. The number of nitrogens with zero attached hydrogens (tertiary/aromatic N) is 2. The third-order valence-electron chi connectivity index (χ3n) is 2.72. The normalized spacial score (nSPS) is 19.1. The maximum atomic E-state index is 12.2. The molecule has 0 aromatic rings. The van der Waals surface area contributed by atoms with Crippen LogP contribution in [0.5, 0.6) is 0 Å². The van der Waals surface area contributed by atoms with Gasteiger partial charge in [-0.3, -0.25) is 0 Å². The van der Waals surface area contributed by atoms with E-state index in [0.717, 1.165) is 30.6 Å². The van der Waals surface area contributed by atoms with Gasteiger partial charge in [0.2, 0.25) is 0 Å². The Kier molecular flexibility index (Phi) is 4.44. The second kappa shape index (κ2) is 5.41. The van der Waals surface area contributed by atoms with Gasteiger partial charge in [0, 0.05) is 6.54 Å². The highest BCUT2D eigenvalue weighted by molar-refractivity contribution is 5.78. The first-order valence-corrected chi connectivity index (χ1v) is 5.57. The van der Waals surface area contributed by atoms with Crippen molar-refractivity contribution in [1.29, 1.82) is 0 Å². The van der Waals surface area contributed by atoms with Crippen LogP contribution in [0.15, 0.2) is 4.99 Å². The van der Waals surface area contributed by atoms with E-state index in [-0.39, 0.29) is 18.5 Å². The van der Waals surface area contributed by atoms with Crippen molar-refractivity contribution in [3.8, 4) is 0 Å². The Balaban J connectivity index is 2.57. The molecular formula is C10H18F3N3. The van der Waals surface area contributed by atoms with Crippen LogP contribution in [0.25, 0.3) is 0 Å². The summed E-state index contributed by atoms with van der Waals surface area (Å²) >= 11 is 0. The molecule has 6 heteroatoms. The van der Waals surface area contributed by atoms with Gasteiger partial charge in [-0.15, -0.1) is 0 Å². The summed E-state index contributed by atoms with van der Waals surface area (Å²) in [5, 5.41) is 0. The van der Waals surface area contributed by atoms with Gasteiger partial charge < -0.3 is 10.6 Å². The van der Waals surface area contributed by atoms with Crippen molar-refractivity contribution in [3.05, 3.63) is 0 Å². The number of rotatable bonds is 3. The Bertz CT molecular complexity index is 244. The Morgan fingerprint density at radius 2 is 1.94 bits per heavy atom. The minimum absolute atomic E-state index is 0.0201. The minimum Gasteiger partial charge on any atom is -0.370 e. The highest BCUT2D eigenvalue weighted by Gasteiger charge is 2.31. The van der Waals surface area contributed by atoms with E-state index < -0.39 is 12.7 Å². The fourth-order valence-corrected chi connectivity index (χ4v) is 1.87. The van der Waals surface area contributed by atoms with E-state index in [4.69, 9.17) is 5.73 Å². The summed E-state index contributed by atoms with van der Waals surface area (Å²) in [5.41, 5.74) is 5.59. The van der Waals surface area contributed by atoms with Gasteiger partial charge in [0.05, 0.1) is 6.04 Å². The molecule has 1 saturated carbocycles. The van der Waals surface area contributed by atoms with Crippen LogP contribution >= 0.6 is 0 Å². The van der Waals surface area contributed by atoms with Gasteiger partial charge >= 0.3 is 6.18 Å². The summed E-state index contributed by atoms with van der Waals surface area (Å²) in [6, 6.07) is 0.113. The molecule has 0 unspecified atom stereocenters. The first-order valence-electron chi connectivity index (χ1n) is 5.57. The molecule has 2 N–H and O–H groups in total. The number of alkyl halides is 3. The maximum absolute atomic E-state index is 12.2. The lowest BCUT2D eigenvalue weighted by atomic mass is 10.3. The van der Waals surface area contributed by atoms with E-state index in [2.05, 4.69) is 4.99 Å². The lowest BCUT2D eigenvalue weighted by molar-refractivity contribution is -0.137. The van der Waals surface area contributed by atoms with Crippen LogP contribution in [0.2, 0.25) is 0 Å². The molecule has 94 valence electrons. The van der Waals surface area contributed by atoms with Crippen LogP contribution in [0, 0.1) is 0 Å². The Labute approximate surface area is 93.5 Å². The summed E-state index contributed by atoms with van der Waals surface area (Å²) in [7, 11) is 0. The van der Waals surface area contributed by atoms with Crippen molar-refractivity contribution < 1.29 is 13.2 Å². The van der Waals surface area contributed by atoms with Crippen molar-refractivity contribution in [2.45, 2.75) is 44.8 Å². The molecule has 0 aromatic carbocycles. The van der Waals surface area contributed by atoms with Gasteiger partial charge in [-0.1, -0.05) is 12.8 Å². The van der Waals surface area contributed by atoms with E-state index in [1.807, 2.05) is 0 Å². The number of hydrogen-bond donors (Lipinski definition) is 1. The zero-order chi connectivity index (χ0) is 12.2. The second-order valence-electron chi connectivity index (χ2n) is 4.05. The molecule has 0 atom stereocenters. The largest absolute Gasteiger partial charge is 0.406 e. The van der Waals surface area contributed by atoms with Gasteiger partial charge in [0.15, 0.2) is 5.96 Å². The molecule has 1 aliphatic carbocycles. The van der Waals surface area contributed by atoms with Crippen LogP contribution in [0.3, 0.4) is 0 Å². The number of hydrogen-bond acceptors (Lipinski definition) is 1. The predicted molar refractivity (Wildman–Crippen MR) is 57.2 cm³/mol. The third-order valence-corrected chi connectivity index (χ3v) is 2.72. The summed E-state index contributed by atoms with van der Waals surface area (Å²) < 4.78 is 36.6. The van der Waals surface area contributed by atoms with E-state index >= 15 is 0 Å². The van der Waals surface area contributed by atoms with Crippen molar-refractivity contribution in [3.63, 3.8) is 0 Å². The fraction of sp³-hybridized carbons (Fsp3) is 0.900. The molecule has 0 heterocycles. The topological polar surface area (TPSA) is 41.6 Å². The molecule has 0 amide bonds. The lowest BCUT2D eigenvalue weighted by Gasteiger charge is -2.23. The van der Waals surface area contributed by atoms with Crippen LogP contribution in [-0.4, -0.2) is 36.2 Å². The Morgan fingerprint density at radius 3 is 2.38 bits per heavy atom. The highest BCUT2D eigenvalue weighted by Crippen LogP contribution is 2.21. The lowest BCUT2D eigenvalue weighted by Crippen LogP contribution is -2.43. The van der Waals surface area contributed by atoms with Crippen molar-refractivity contribution in [2.24, 2.45) is 10.7 Å². The van der Waals surface area contributed by atoms with E-state index in [9.17, 15) is 13.2 Å². The average Bonchev–Trinajstić information content (AvgIpc) is 2.65. The zero-order valence-electron chi connectivity index (χ0n) is 9.43. The van der Waals surface area contributed by atoms with Crippen molar-refractivity contribution >= 4 is 5.96 Å². The average molecular weight is 237 g/mol. The summed E-state index contributed by atoms with van der Waals surface area (Å²) in [6.07, 6.45) is -0.181. The zero-order valence-corrected chi connectivity index (χ0v) is 9.43. The summed E-state index contributed by atoms with van der Waals surface area (Å²) in [4.78, 5) is 5.22. The number of nitrogens with two attached hydrogens (primary N) is 1. The molecule has 0 aliphatic heterocycles. The van der Waals surface area contributed by atoms with E-state index in [1.165, 1.54) is 0 Å². The van der Waals surface area contributed by atoms with Crippen LogP contribution in [0.4, 0.5) is 13.2 Å². The van der Waals surface area contributed by atoms with Gasteiger partial charge in [0.25, 0.3) is 0 Å². The first kappa shape index (κ1) is 13.1. The minimum atomic E-state index is -4.23. The van der Waals surface area contributed by atoms with Crippen LogP contribution in [0.1, 0.15) is 32.6 Å². The number of halogens is 3. The van der Waals surface area contributed by atoms with E-state index in [0.29, 0.717) is 0 Å². The molecule has 16 heavy (non-hydrogen) atoms. The summed E-state index contributed by atoms with van der Waals surface area (Å²) in [6.45, 7) is 0.843.